The van der Waals surface area contributed by atoms with Crippen LogP contribution in [0.15, 0.2) is 17.3 Å². The molecular formula is C18H24N4OS. The third-order valence-corrected chi connectivity index (χ3v) is 5.94. The minimum Gasteiger partial charge on any atom is -0.293 e. The van der Waals surface area contributed by atoms with E-state index in [1.165, 1.54) is 30.2 Å². The van der Waals surface area contributed by atoms with E-state index in [0.29, 0.717) is 6.04 Å². The van der Waals surface area contributed by atoms with E-state index in [1.54, 1.807) is 0 Å². The van der Waals surface area contributed by atoms with Gasteiger partial charge in [-0.2, -0.15) is 0 Å². The summed E-state index contributed by atoms with van der Waals surface area (Å²) in [5.41, 5.74) is 4.20. The van der Waals surface area contributed by atoms with Crippen LogP contribution in [0.4, 0.5) is 0 Å². The fraction of sp³-hybridized carbons (Fsp3) is 0.556. The van der Waals surface area contributed by atoms with Crippen molar-refractivity contribution in [3.8, 4) is 0 Å². The van der Waals surface area contributed by atoms with Gasteiger partial charge in [-0.3, -0.25) is 4.79 Å². The summed E-state index contributed by atoms with van der Waals surface area (Å²) < 4.78 is 1.91. The number of aryl methyl sites for hydroxylation is 3. The number of rotatable bonds is 5. The van der Waals surface area contributed by atoms with Crippen molar-refractivity contribution in [1.82, 2.24) is 20.2 Å². The van der Waals surface area contributed by atoms with Gasteiger partial charge in [0.25, 0.3) is 0 Å². The van der Waals surface area contributed by atoms with Crippen molar-refractivity contribution in [2.45, 2.75) is 69.8 Å². The summed E-state index contributed by atoms with van der Waals surface area (Å²) in [4.78, 5) is 12.9. The Morgan fingerprint density at radius 1 is 1.17 bits per heavy atom. The molecule has 3 rings (SSSR count). The van der Waals surface area contributed by atoms with Gasteiger partial charge in [0.1, 0.15) is 0 Å². The van der Waals surface area contributed by atoms with Crippen LogP contribution in [-0.2, 0) is 0 Å². The molecule has 1 unspecified atom stereocenters. The van der Waals surface area contributed by atoms with Crippen LogP contribution in [0.5, 0.6) is 0 Å². The van der Waals surface area contributed by atoms with Crippen LogP contribution in [0.3, 0.4) is 0 Å². The van der Waals surface area contributed by atoms with Crippen molar-refractivity contribution in [1.29, 1.82) is 0 Å². The van der Waals surface area contributed by atoms with E-state index in [9.17, 15) is 4.79 Å². The predicted octanol–water partition coefficient (Wildman–Crippen LogP) is 4.08. The van der Waals surface area contributed by atoms with Crippen molar-refractivity contribution >= 4 is 17.5 Å². The van der Waals surface area contributed by atoms with Crippen LogP contribution in [-0.4, -0.2) is 31.2 Å². The predicted molar refractivity (Wildman–Crippen MR) is 95.6 cm³/mol. The number of benzene rings is 1. The number of aromatic nitrogens is 4. The van der Waals surface area contributed by atoms with E-state index in [2.05, 4.69) is 28.5 Å². The summed E-state index contributed by atoms with van der Waals surface area (Å²) in [6.07, 6.45) is 4.70. The Hall–Kier alpha value is -1.69. The Balaban J connectivity index is 1.78. The van der Waals surface area contributed by atoms with Gasteiger partial charge in [0, 0.05) is 5.56 Å². The molecule has 1 saturated carbocycles. The van der Waals surface area contributed by atoms with E-state index < -0.39 is 0 Å². The molecule has 1 aliphatic rings. The van der Waals surface area contributed by atoms with E-state index in [0.717, 1.165) is 34.7 Å². The van der Waals surface area contributed by atoms with Gasteiger partial charge in [0.15, 0.2) is 5.78 Å². The highest BCUT2D eigenvalue weighted by molar-refractivity contribution is 8.00. The lowest BCUT2D eigenvalue weighted by Crippen LogP contribution is -2.17. The Labute approximate surface area is 147 Å². The summed E-state index contributed by atoms with van der Waals surface area (Å²) in [7, 11) is 0. The summed E-state index contributed by atoms with van der Waals surface area (Å²) in [5.74, 6) is 0.140. The molecule has 0 radical (unpaired) electrons. The van der Waals surface area contributed by atoms with Crippen molar-refractivity contribution in [3.63, 3.8) is 0 Å². The van der Waals surface area contributed by atoms with Crippen LogP contribution in [0, 0.1) is 20.8 Å². The van der Waals surface area contributed by atoms with Gasteiger partial charge >= 0.3 is 0 Å². The zero-order valence-electron chi connectivity index (χ0n) is 14.7. The molecule has 2 aromatic rings. The minimum atomic E-state index is -0.211. The molecule has 1 aromatic heterocycles. The Morgan fingerprint density at radius 3 is 2.54 bits per heavy atom. The van der Waals surface area contributed by atoms with Gasteiger partial charge < -0.3 is 0 Å². The van der Waals surface area contributed by atoms with Crippen molar-refractivity contribution in [3.05, 3.63) is 34.4 Å². The Kier molecular flexibility index (Phi) is 5.04. The molecule has 1 atom stereocenters. The number of carbonyl (C=O) groups is 1. The topological polar surface area (TPSA) is 60.7 Å². The van der Waals surface area contributed by atoms with Crippen LogP contribution in [0.25, 0.3) is 0 Å². The molecule has 0 aliphatic heterocycles. The molecule has 128 valence electrons. The average molecular weight is 344 g/mol. The first-order valence-electron chi connectivity index (χ1n) is 8.54. The van der Waals surface area contributed by atoms with Crippen molar-refractivity contribution in [2.24, 2.45) is 0 Å². The first kappa shape index (κ1) is 17.1. The first-order chi connectivity index (χ1) is 11.5. The standard InChI is InChI=1S/C18H24N4OS/c1-11-9-13(3)16(10-12(11)2)17(23)14(4)24-18-19-20-21-22(18)15-7-5-6-8-15/h9-10,14-15H,5-8H2,1-4H3. The van der Waals surface area contributed by atoms with Gasteiger partial charge in [-0.05, 0) is 73.7 Å². The lowest BCUT2D eigenvalue weighted by Gasteiger charge is -2.15. The fourth-order valence-electron chi connectivity index (χ4n) is 3.30. The molecule has 24 heavy (non-hydrogen) atoms. The second-order valence-electron chi connectivity index (χ2n) is 6.72. The highest BCUT2D eigenvalue weighted by Crippen LogP contribution is 2.33. The molecule has 1 fully saturated rings. The lowest BCUT2D eigenvalue weighted by molar-refractivity contribution is 0.0993. The molecular weight excluding hydrogens is 320 g/mol. The average Bonchev–Trinajstić information content (AvgIpc) is 3.21. The molecule has 0 N–H and O–H groups in total. The maximum atomic E-state index is 12.9. The number of carbonyl (C=O) groups excluding carboxylic acids is 1. The molecule has 0 amide bonds. The number of Topliss-reactive ketones (excluding diaryl/α,β-unsaturated/α-hetero) is 1. The molecule has 1 aromatic carbocycles. The fourth-order valence-corrected chi connectivity index (χ4v) is 4.23. The molecule has 0 saturated heterocycles. The maximum Gasteiger partial charge on any atom is 0.210 e. The third-order valence-electron chi connectivity index (χ3n) is 4.89. The van der Waals surface area contributed by atoms with E-state index in [-0.39, 0.29) is 11.0 Å². The van der Waals surface area contributed by atoms with Gasteiger partial charge in [-0.1, -0.05) is 30.7 Å². The van der Waals surface area contributed by atoms with Crippen molar-refractivity contribution in [2.75, 3.05) is 0 Å². The number of ketones is 1. The molecule has 1 aliphatic carbocycles. The second-order valence-corrected chi connectivity index (χ2v) is 8.03. The summed E-state index contributed by atoms with van der Waals surface area (Å²) in [5, 5.41) is 12.7. The van der Waals surface area contributed by atoms with Gasteiger partial charge in [-0.25, -0.2) is 4.68 Å². The number of tetrazole rings is 1. The lowest BCUT2D eigenvalue weighted by atomic mass is 9.97. The zero-order chi connectivity index (χ0) is 17.3. The SMILES string of the molecule is Cc1cc(C)c(C(=O)C(C)Sc2nnnn2C2CCCC2)cc1C. The zero-order valence-corrected chi connectivity index (χ0v) is 15.6. The molecule has 0 bridgehead atoms. The maximum absolute atomic E-state index is 12.9. The minimum absolute atomic E-state index is 0.140. The van der Waals surface area contributed by atoms with E-state index in [4.69, 9.17) is 0 Å². The van der Waals surface area contributed by atoms with Crippen molar-refractivity contribution < 1.29 is 4.79 Å². The number of hydrogen-bond acceptors (Lipinski definition) is 5. The Bertz CT molecular complexity index is 749. The quantitative estimate of drug-likeness (QED) is 0.604. The summed E-state index contributed by atoms with van der Waals surface area (Å²) in [6.45, 7) is 8.06. The van der Waals surface area contributed by atoms with Gasteiger partial charge in [0.05, 0.1) is 11.3 Å². The number of nitrogens with zero attached hydrogens (tertiary/aromatic N) is 4. The molecule has 6 heteroatoms. The highest BCUT2D eigenvalue weighted by atomic mass is 32.2. The summed E-state index contributed by atoms with van der Waals surface area (Å²) >= 11 is 1.46. The van der Waals surface area contributed by atoms with Gasteiger partial charge in [-0.15, -0.1) is 5.10 Å². The second kappa shape index (κ2) is 7.05. The normalized spacial score (nSPS) is 16.5. The van der Waals surface area contributed by atoms with E-state index >= 15 is 0 Å². The van der Waals surface area contributed by atoms with E-state index in [1.807, 2.05) is 31.5 Å². The van der Waals surface area contributed by atoms with Crippen LogP contribution >= 0.6 is 11.8 Å². The van der Waals surface area contributed by atoms with Gasteiger partial charge in [0.2, 0.25) is 5.16 Å². The summed E-state index contributed by atoms with van der Waals surface area (Å²) in [6, 6.07) is 4.47. The number of hydrogen-bond donors (Lipinski definition) is 0. The smallest absolute Gasteiger partial charge is 0.210 e. The largest absolute Gasteiger partial charge is 0.293 e. The molecule has 5 nitrogen and oxygen atoms in total. The molecule has 1 heterocycles. The molecule has 0 spiro atoms. The van der Waals surface area contributed by atoms with Crippen LogP contribution < -0.4 is 0 Å². The third kappa shape index (κ3) is 3.38. The first-order valence-corrected chi connectivity index (χ1v) is 9.42. The van der Waals surface area contributed by atoms with Crippen LogP contribution in [0.1, 0.15) is 65.7 Å². The Morgan fingerprint density at radius 2 is 1.83 bits per heavy atom. The van der Waals surface area contributed by atoms with Crippen LogP contribution in [0.2, 0.25) is 0 Å². The number of thioether (sulfide) groups is 1. The monoisotopic (exact) mass is 344 g/mol. The highest BCUT2D eigenvalue weighted by Gasteiger charge is 2.25.